The Labute approximate surface area is 91.2 Å². The summed E-state index contributed by atoms with van der Waals surface area (Å²) in [5, 5.41) is 3.63. The van der Waals surface area contributed by atoms with Crippen LogP contribution in [-0.4, -0.2) is 5.84 Å². The van der Waals surface area contributed by atoms with Gasteiger partial charge in [0.1, 0.15) is 5.84 Å². The normalized spacial score (nSPS) is 16.0. The molecular weight excluding hydrogens is 186 g/mol. The van der Waals surface area contributed by atoms with E-state index in [1.165, 1.54) is 5.56 Å². The minimum absolute atomic E-state index is 0.126. The Balaban J connectivity index is 3.02. The summed E-state index contributed by atoms with van der Waals surface area (Å²) < 4.78 is 0. The Morgan fingerprint density at radius 3 is 2.40 bits per heavy atom. The van der Waals surface area contributed by atoms with E-state index in [2.05, 4.69) is 31.1 Å². The van der Waals surface area contributed by atoms with Crippen molar-refractivity contribution in [1.29, 1.82) is 0 Å². The molecule has 0 saturated carbocycles. The van der Waals surface area contributed by atoms with Crippen LogP contribution in [0.2, 0.25) is 0 Å². The van der Waals surface area contributed by atoms with Crippen LogP contribution in [0.3, 0.4) is 0 Å². The average molecular weight is 205 g/mol. The molecule has 1 aromatic carbocycles. The van der Waals surface area contributed by atoms with E-state index < -0.39 is 0 Å². The lowest BCUT2D eigenvalue weighted by Crippen LogP contribution is -2.28. The summed E-state index contributed by atoms with van der Waals surface area (Å²) in [6.07, 6.45) is 1.05. The molecule has 0 aliphatic heterocycles. The average Bonchev–Trinajstić information content (AvgIpc) is 2.30. The van der Waals surface area contributed by atoms with Gasteiger partial charge in [-0.2, -0.15) is 5.10 Å². The summed E-state index contributed by atoms with van der Waals surface area (Å²) >= 11 is 0. The highest BCUT2D eigenvalue weighted by Crippen LogP contribution is 2.26. The SMILES string of the molecule is CCC(C)C(C(N)=NN)c1ccccc1. The van der Waals surface area contributed by atoms with Crippen molar-refractivity contribution in [2.75, 3.05) is 0 Å². The highest BCUT2D eigenvalue weighted by molar-refractivity contribution is 5.87. The van der Waals surface area contributed by atoms with Crippen LogP contribution >= 0.6 is 0 Å². The topological polar surface area (TPSA) is 64.4 Å². The minimum Gasteiger partial charge on any atom is -0.385 e. The van der Waals surface area contributed by atoms with Crippen LogP contribution in [0, 0.1) is 5.92 Å². The van der Waals surface area contributed by atoms with Gasteiger partial charge in [-0.3, -0.25) is 0 Å². The maximum absolute atomic E-state index is 5.85. The first-order valence-electron chi connectivity index (χ1n) is 5.28. The van der Waals surface area contributed by atoms with Gasteiger partial charge in [-0.25, -0.2) is 0 Å². The van der Waals surface area contributed by atoms with Crippen LogP contribution in [0.15, 0.2) is 35.4 Å². The first-order chi connectivity index (χ1) is 7.20. The fourth-order valence-corrected chi connectivity index (χ4v) is 1.77. The molecule has 0 heterocycles. The van der Waals surface area contributed by atoms with Gasteiger partial charge in [0.15, 0.2) is 0 Å². The van der Waals surface area contributed by atoms with Gasteiger partial charge in [0, 0.05) is 5.92 Å². The van der Waals surface area contributed by atoms with E-state index >= 15 is 0 Å². The smallest absolute Gasteiger partial charge is 0.127 e. The van der Waals surface area contributed by atoms with Crippen molar-refractivity contribution >= 4 is 5.84 Å². The molecule has 3 nitrogen and oxygen atoms in total. The second-order valence-electron chi connectivity index (χ2n) is 3.83. The van der Waals surface area contributed by atoms with Crippen LogP contribution in [0.4, 0.5) is 0 Å². The molecule has 0 aromatic heterocycles. The molecule has 15 heavy (non-hydrogen) atoms. The lowest BCUT2D eigenvalue weighted by Gasteiger charge is -2.22. The van der Waals surface area contributed by atoms with Crippen LogP contribution in [0.5, 0.6) is 0 Å². The maximum atomic E-state index is 5.85. The van der Waals surface area contributed by atoms with Gasteiger partial charge < -0.3 is 11.6 Å². The summed E-state index contributed by atoms with van der Waals surface area (Å²) in [7, 11) is 0. The Hall–Kier alpha value is -1.51. The number of nitrogens with two attached hydrogens (primary N) is 2. The molecule has 0 bridgehead atoms. The highest BCUT2D eigenvalue weighted by Gasteiger charge is 2.21. The molecule has 3 heteroatoms. The van der Waals surface area contributed by atoms with Crippen molar-refractivity contribution in [1.82, 2.24) is 0 Å². The Morgan fingerprint density at radius 1 is 1.33 bits per heavy atom. The standard InChI is InChI=1S/C12H19N3/c1-3-9(2)11(12(13)15-14)10-7-5-4-6-8-10/h4-9,11H,3,14H2,1-2H3,(H2,13,15). The number of rotatable bonds is 4. The Kier molecular flexibility index (Phi) is 4.16. The zero-order valence-electron chi connectivity index (χ0n) is 9.35. The van der Waals surface area contributed by atoms with Gasteiger partial charge in [-0.1, -0.05) is 50.6 Å². The number of benzene rings is 1. The maximum Gasteiger partial charge on any atom is 0.127 e. The first kappa shape index (κ1) is 11.6. The first-order valence-corrected chi connectivity index (χ1v) is 5.28. The van der Waals surface area contributed by atoms with E-state index in [4.69, 9.17) is 11.6 Å². The molecule has 0 aliphatic carbocycles. The van der Waals surface area contributed by atoms with Gasteiger partial charge in [-0.15, -0.1) is 0 Å². The molecular formula is C12H19N3. The minimum atomic E-state index is 0.126. The monoisotopic (exact) mass is 205 g/mol. The summed E-state index contributed by atoms with van der Waals surface area (Å²) in [6.45, 7) is 4.31. The van der Waals surface area contributed by atoms with Gasteiger partial charge in [-0.05, 0) is 11.5 Å². The largest absolute Gasteiger partial charge is 0.385 e. The van der Waals surface area contributed by atoms with E-state index in [0.29, 0.717) is 11.8 Å². The van der Waals surface area contributed by atoms with Crippen LogP contribution in [0.1, 0.15) is 31.7 Å². The number of nitrogens with zero attached hydrogens (tertiary/aromatic N) is 1. The van der Waals surface area contributed by atoms with E-state index in [1.807, 2.05) is 18.2 Å². The lowest BCUT2D eigenvalue weighted by atomic mass is 9.85. The van der Waals surface area contributed by atoms with Crippen LogP contribution < -0.4 is 11.6 Å². The summed E-state index contributed by atoms with van der Waals surface area (Å²) in [4.78, 5) is 0. The molecule has 0 aliphatic rings. The highest BCUT2D eigenvalue weighted by atomic mass is 15.2. The number of hydrazone groups is 1. The predicted octanol–water partition coefficient (Wildman–Crippen LogP) is 2.05. The molecule has 4 N–H and O–H groups in total. The third kappa shape index (κ3) is 2.72. The molecule has 1 aromatic rings. The molecule has 0 spiro atoms. The third-order valence-electron chi connectivity index (χ3n) is 2.84. The van der Waals surface area contributed by atoms with Crippen molar-refractivity contribution in [3.63, 3.8) is 0 Å². The van der Waals surface area contributed by atoms with Crippen LogP contribution in [-0.2, 0) is 0 Å². The summed E-state index contributed by atoms with van der Waals surface area (Å²) in [6, 6.07) is 10.1. The predicted molar refractivity (Wildman–Crippen MR) is 64.4 cm³/mol. The van der Waals surface area contributed by atoms with Crippen molar-refractivity contribution in [2.45, 2.75) is 26.2 Å². The lowest BCUT2D eigenvalue weighted by molar-refractivity contribution is 0.523. The fourth-order valence-electron chi connectivity index (χ4n) is 1.77. The quantitative estimate of drug-likeness (QED) is 0.342. The molecule has 82 valence electrons. The van der Waals surface area contributed by atoms with Crippen molar-refractivity contribution < 1.29 is 0 Å². The summed E-state index contributed by atoms with van der Waals surface area (Å²) in [5.74, 6) is 6.35. The molecule has 1 rings (SSSR count). The van der Waals surface area contributed by atoms with Gasteiger partial charge >= 0.3 is 0 Å². The molecule has 0 amide bonds. The van der Waals surface area contributed by atoms with E-state index in [-0.39, 0.29) is 5.92 Å². The third-order valence-corrected chi connectivity index (χ3v) is 2.84. The second kappa shape index (κ2) is 5.39. The molecule has 0 fully saturated rings. The zero-order chi connectivity index (χ0) is 11.3. The molecule has 2 unspecified atom stereocenters. The number of hydrogen-bond donors (Lipinski definition) is 2. The second-order valence-corrected chi connectivity index (χ2v) is 3.83. The van der Waals surface area contributed by atoms with Gasteiger partial charge in [0.05, 0.1) is 0 Å². The van der Waals surface area contributed by atoms with E-state index in [0.717, 1.165) is 6.42 Å². The van der Waals surface area contributed by atoms with E-state index in [1.54, 1.807) is 0 Å². The number of hydrogen-bond acceptors (Lipinski definition) is 2. The van der Waals surface area contributed by atoms with Gasteiger partial charge in [0.2, 0.25) is 0 Å². The molecule has 2 atom stereocenters. The number of amidine groups is 1. The summed E-state index contributed by atoms with van der Waals surface area (Å²) in [5.41, 5.74) is 7.03. The van der Waals surface area contributed by atoms with Crippen LogP contribution in [0.25, 0.3) is 0 Å². The Bertz CT molecular complexity index is 319. The van der Waals surface area contributed by atoms with Crippen molar-refractivity contribution in [2.24, 2.45) is 22.6 Å². The zero-order valence-corrected chi connectivity index (χ0v) is 9.35. The van der Waals surface area contributed by atoms with E-state index in [9.17, 15) is 0 Å². The van der Waals surface area contributed by atoms with Crippen molar-refractivity contribution in [3.05, 3.63) is 35.9 Å². The van der Waals surface area contributed by atoms with Gasteiger partial charge in [0.25, 0.3) is 0 Å². The Morgan fingerprint density at radius 2 is 1.93 bits per heavy atom. The fraction of sp³-hybridized carbons (Fsp3) is 0.417. The molecule has 0 radical (unpaired) electrons. The van der Waals surface area contributed by atoms with Crippen molar-refractivity contribution in [3.8, 4) is 0 Å². The molecule has 0 saturated heterocycles.